The monoisotopic (exact) mass is 326 g/mol. The lowest BCUT2D eigenvalue weighted by atomic mass is 10.2. The van der Waals surface area contributed by atoms with Gasteiger partial charge in [0.15, 0.2) is 11.5 Å². The Morgan fingerprint density at radius 3 is 2.54 bits per heavy atom. The summed E-state index contributed by atoms with van der Waals surface area (Å²) < 4.78 is 13.2. The van der Waals surface area contributed by atoms with Gasteiger partial charge in [0.2, 0.25) is 0 Å². The molecule has 24 heavy (non-hydrogen) atoms. The van der Waals surface area contributed by atoms with Crippen LogP contribution in [0.1, 0.15) is 25.3 Å². The lowest BCUT2D eigenvalue weighted by Gasteiger charge is -2.14. The number of aliphatic hydroxyl groups is 1. The van der Waals surface area contributed by atoms with Crippen LogP contribution < -0.4 is 9.47 Å². The molecule has 0 bridgehead atoms. The molecule has 126 valence electrons. The minimum absolute atomic E-state index is 0.462. The van der Waals surface area contributed by atoms with Crippen molar-refractivity contribution >= 4 is 11.0 Å². The van der Waals surface area contributed by atoms with Crippen LogP contribution in [-0.2, 0) is 6.54 Å². The first-order chi connectivity index (χ1) is 11.7. The predicted molar refractivity (Wildman–Crippen MR) is 93.5 cm³/mol. The molecule has 0 radical (unpaired) electrons. The van der Waals surface area contributed by atoms with Gasteiger partial charge in [-0.2, -0.15) is 0 Å². The average Bonchev–Trinajstić information content (AvgIpc) is 3.00. The summed E-state index contributed by atoms with van der Waals surface area (Å²) >= 11 is 0. The van der Waals surface area contributed by atoms with Crippen LogP contribution in [0.2, 0.25) is 0 Å². The molecule has 5 nitrogen and oxygen atoms in total. The highest BCUT2D eigenvalue weighted by Gasteiger charge is 2.16. The first-order valence-electron chi connectivity index (χ1n) is 8.13. The molecule has 0 spiro atoms. The van der Waals surface area contributed by atoms with Gasteiger partial charge in [-0.3, -0.25) is 0 Å². The molecule has 0 amide bonds. The highest BCUT2D eigenvalue weighted by molar-refractivity contribution is 5.76. The summed E-state index contributed by atoms with van der Waals surface area (Å²) in [4.78, 5) is 4.58. The molecule has 0 saturated carbocycles. The van der Waals surface area contributed by atoms with Gasteiger partial charge in [-0.15, -0.1) is 0 Å². The number of ether oxygens (including phenoxy) is 2. The largest absolute Gasteiger partial charge is 0.493 e. The highest BCUT2D eigenvalue weighted by atomic mass is 16.5. The third-order valence-electron chi connectivity index (χ3n) is 4.01. The Morgan fingerprint density at radius 2 is 1.79 bits per heavy atom. The first kappa shape index (κ1) is 16.3. The molecule has 0 aliphatic carbocycles. The van der Waals surface area contributed by atoms with Gasteiger partial charge in [0.1, 0.15) is 18.5 Å². The second-order valence-corrected chi connectivity index (χ2v) is 5.53. The van der Waals surface area contributed by atoms with Gasteiger partial charge in [-0.25, -0.2) is 4.98 Å². The van der Waals surface area contributed by atoms with E-state index in [4.69, 9.17) is 9.47 Å². The predicted octanol–water partition coefficient (Wildman–Crippen LogP) is 3.57. The van der Waals surface area contributed by atoms with E-state index in [1.807, 2.05) is 60.0 Å². The summed E-state index contributed by atoms with van der Waals surface area (Å²) in [6.07, 6.45) is 0.0418. The zero-order chi connectivity index (χ0) is 16.9. The summed E-state index contributed by atoms with van der Waals surface area (Å²) in [5.41, 5.74) is 1.89. The molecule has 0 aliphatic heterocycles. The minimum atomic E-state index is -0.580. The van der Waals surface area contributed by atoms with Gasteiger partial charge in [0.05, 0.1) is 24.7 Å². The second kappa shape index (κ2) is 7.36. The summed E-state index contributed by atoms with van der Waals surface area (Å²) in [7, 11) is 1.63. The average molecular weight is 326 g/mol. The molecular weight excluding hydrogens is 304 g/mol. The first-order valence-corrected chi connectivity index (χ1v) is 8.13. The van der Waals surface area contributed by atoms with Crippen molar-refractivity contribution in [2.24, 2.45) is 0 Å². The molecule has 3 aromatic rings. The SMILES string of the molecule is CC[C@H](O)c1nc2ccccc2n1CCOc1ccccc1OC. The molecule has 2 aromatic carbocycles. The molecule has 0 aliphatic rings. The standard InChI is InChI=1S/C19H22N2O3/c1-3-16(22)19-20-14-8-4-5-9-15(14)21(19)12-13-24-18-11-7-6-10-17(18)23-2/h4-11,16,22H,3,12-13H2,1-2H3/t16-/m0/s1. The Morgan fingerprint density at radius 1 is 1.08 bits per heavy atom. The van der Waals surface area contributed by atoms with Crippen molar-refractivity contribution in [3.8, 4) is 11.5 Å². The maximum absolute atomic E-state index is 10.3. The molecule has 0 saturated heterocycles. The fourth-order valence-corrected chi connectivity index (χ4v) is 2.75. The summed E-state index contributed by atoms with van der Waals surface area (Å²) in [6, 6.07) is 15.5. The van der Waals surface area contributed by atoms with E-state index in [0.29, 0.717) is 36.9 Å². The van der Waals surface area contributed by atoms with E-state index in [1.54, 1.807) is 7.11 Å². The summed E-state index contributed by atoms with van der Waals surface area (Å²) in [5.74, 6) is 2.10. The van der Waals surface area contributed by atoms with Crippen LogP contribution in [0.5, 0.6) is 11.5 Å². The lowest BCUT2D eigenvalue weighted by Crippen LogP contribution is -2.14. The Hall–Kier alpha value is -2.53. The molecule has 1 aromatic heterocycles. The number of hydrogen-bond acceptors (Lipinski definition) is 4. The Kier molecular flexibility index (Phi) is 5.01. The van der Waals surface area contributed by atoms with Gasteiger partial charge in [-0.05, 0) is 30.7 Å². The van der Waals surface area contributed by atoms with Crippen molar-refractivity contribution in [2.45, 2.75) is 26.0 Å². The van der Waals surface area contributed by atoms with Gasteiger partial charge in [0, 0.05) is 0 Å². The number of nitrogens with zero attached hydrogens (tertiary/aromatic N) is 2. The number of aliphatic hydroxyl groups excluding tert-OH is 1. The maximum atomic E-state index is 10.3. The number of aromatic nitrogens is 2. The number of para-hydroxylation sites is 4. The smallest absolute Gasteiger partial charge is 0.161 e. The van der Waals surface area contributed by atoms with Crippen LogP contribution in [0.25, 0.3) is 11.0 Å². The number of benzene rings is 2. The zero-order valence-electron chi connectivity index (χ0n) is 14.0. The van der Waals surface area contributed by atoms with Crippen LogP contribution >= 0.6 is 0 Å². The number of rotatable bonds is 7. The maximum Gasteiger partial charge on any atom is 0.161 e. The second-order valence-electron chi connectivity index (χ2n) is 5.53. The minimum Gasteiger partial charge on any atom is -0.493 e. The van der Waals surface area contributed by atoms with E-state index in [0.717, 1.165) is 11.0 Å². The Labute approximate surface area is 141 Å². The lowest BCUT2D eigenvalue weighted by molar-refractivity contribution is 0.157. The van der Waals surface area contributed by atoms with Gasteiger partial charge in [-0.1, -0.05) is 31.2 Å². The van der Waals surface area contributed by atoms with E-state index in [2.05, 4.69) is 4.98 Å². The molecule has 3 rings (SSSR count). The van der Waals surface area contributed by atoms with Gasteiger partial charge >= 0.3 is 0 Å². The molecule has 0 fully saturated rings. The van der Waals surface area contributed by atoms with Gasteiger partial charge in [0.25, 0.3) is 0 Å². The van der Waals surface area contributed by atoms with E-state index in [9.17, 15) is 5.11 Å². The quantitative estimate of drug-likeness (QED) is 0.721. The third kappa shape index (κ3) is 3.21. The normalized spacial score (nSPS) is 12.3. The van der Waals surface area contributed by atoms with Crippen LogP contribution in [0.3, 0.4) is 0 Å². The molecular formula is C19H22N2O3. The highest BCUT2D eigenvalue weighted by Crippen LogP contribution is 2.26. The van der Waals surface area contributed by atoms with E-state index >= 15 is 0 Å². The Bertz CT molecular complexity index is 813. The fourth-order valence-electron chi connectivity index (χ4n) is 2.75. The van der Waals surface area contributed by atoms with E-state index in [1.165, 1.54) is 0 Å². The van der Waals surface area contributed by atoms with E-state index in [-0.39, 0.29) is 0 Å². The summed E-state index contributed by atoms with van der Waals surface area (Å²) in [6.45, 7) is 3.01. The van der Waals surface area contributed by atoms with Crippen molar-refractivity contribution in [2.75, 3.05) is 13.7 Å². The molecule has 1 N–H and O–H groups in total. The van der Waals surface area contributed by atoms with Crippen LogP contribution in [0.4, 0.5) is 0 Å². The molecule has 1 heterocycles. The van der Waals surface area contributed by atoms with Crippen LogP contribution in [0.15, 0.2) is 48.5 Å². The van der Waals surface area contributed by atoms with Gasteiger partial charge < -0.3 is 19.1 Å². The fraction of sp³-hybridized carbons (Fsp3) is 0.316. The third-order valence-corrected chi connectivity index (χ3v) is 4.01. The van der Waals surface area contributed by atoms with Crippen molar-refractivity contribution in [1.29, 1.82) is 0 Å². The number of imidazole rings is 1. The van der Waals surface area contributed by atoms with Crippen molar-refractivity contribution in [3.63, 3.8) is 0 Å². The van der Waals surface area contributed by atoms with Crippen LogP contribution in [-0.4, -0.2) is 28.4 Å². The van der Waals surface area contributed by atoms with Crippen LogP contribution in [0, 0.1) is 0 Å². The summed E-state index contributed by atoms with van der Waals surface area (Å²) in [5, 5.41) is 10.3. The number of hydrogen-bond donors (Lipinski definition) is 1. The number of methoxy groups -OCH3 is 1. The van der Waals surface area contributed by atoms with Crippen molar-refractivity contribution in [1.82, 2.24) is 9.55 Å². The van der Waals surface area contributed by atoms with E-state index < -0.39 is 6.10 Å². The molecule has 1 atom stereocenters. The zero-order valence-corrected chi connectivity index (χ0v) is 14.0. The topological polar surface area (TPSA) is 56.5 Å². The van der Waals surface area contributed by atoms with Crippen molar-refractivity contribution in [3.05, 3.63) is 54.4 Å². The molecule has 0 unspecified atom stereocenters. The molecule has 5 heteroatoms. The number of fused-ring (bicyclic) bond motifs is 1. The van der Waals surface area contributed by atoms with Crippen molar-refractivity contribution < 1.29 is 14.6 Å². The Balaban J connectivity index is 1.81.